The van der Waals surface area contributed by atoms with Gasteiger partial charge in [-0.1, -0.05) is 54.6 Å². The van der Waals surface area contributed by atoms with Gasteiger partial charge in [-0.05, 0) is 66.7 Å². The predicted octanol–water partition coefficient (Wildman–Crippen LogP) is 3.91. The summed E-state index contributed by atoms with van der Waals surface area (Å²) in [6.45, 7) is 3.96. The maximum Gasteiger partial charge on any atom is 0.248 e. The number of allylic oxidation sites excluding steroid dienone is 2. The van der Waals surface area contributed by atoms with Crippen LogP contribution in [0.4, 0.5) is 5.69 Å². The highest BCUT2D eigenvalue weighted by molar-refractivity contribution is 6.11. The van der Waals surface area contributed by atoms with Gasteiger partial charge in [-0.25, -0.2) is 0 Å². The molecule has 1 aliphatic heterocycles. The maximum atomic E-state index is 13.7. The number of carbonyl (C=O) groups is 3. The molecule has 0 radical (unpaired) electrons. The van der Waals surface area contributed by atoms with E-state index < -0.39 is 6.04 Å². The molecular formula is C28H28N2O3. The third-order valence-corrected chi connectivity index (χ3v) is 8.45. The molecule has 1 N–H and O–H groups in total. The highest BCUT2D eigenvalue weighted by atomic mass is 16.2. The molecule has 2 bridgehead atoms. The summed E-state index contributed by atoms with van der Waals surface area (Å²) >= 11 is 0. The Hall–Kier alpha value is -3.21. The SMILES string of the molecule is Cc1cccc(NC(=O)[C@H](Cc2ccccc2)N2C(=O)[C@@H]3[C@H]4C=C[C@@H]([C@@H]5C[C@H]45)[C@@H]3C2=O)c1C. The Bertz CT molecular complexity index is 1150. The number of hydrogen-bond donors (Lipinski definition) is 1. The van der Waals surface area contributed by atoms with E-state index in [0.717, 1.165) is 28.8 Å². The molecule has 0 aromatic heterocycles. The molecule has 0 spiro atoms. The lowest BCUT2D eigenvalue weighted by Gasteiger charge is -2.37. The van der Waals surface area contributed by atoms with E-state index >= 15 is 0 Å². The molecule has 3 fully saturated rings. The van der Waals surface area contributed by atoms with Gasteiger partial charge in [0, 0.05) is 12.1 Å². The lowest BCUT2D eigenvalue weighted by molar-refractivity contribution is -0.146. The van der Waals surface area contributed by atoms with Gasteiger partial charge in [-0.15, -0.1) is 0 Å². The fourth-order valence-corrected chi connectivity index (χ4v) is 6.53. The number of amides is 3. The summed E-state index contributed by atoms with van der Waals surface area (Å²) in [7, 11) is 0. The van der Waals surface area contributed by atoms with Crippen molar-refractivity contribution >= 4 is 23.4 Å². The largest absolute Gasteiger partial charge is 0.324 e. The zero-order chi connectivity index (χ0) is 22.9. The van der Waals surface area contributed by atoms with Crippen molar-refractivity contribution in [1.82, 2.24) is 4.90 Å². The Morgan fingerprint density at radius 1 is 0.939 bits per heavy atom. The van der Waals surface area contributed by atoms with Crippen LogP contribution in [-0.4, -0.2) is 28.7 Å². The lowest BCUT2D eigenvalue weighted by atomic mass is 9.63. The molecule has 5 aliphatic rings. The van der Waals surface area contributed by atoms with E-state index in [1.807, 2.05) is 62.4 Å². The first-order chi connectivity index (χ1) is 16.0. The quantitative estimate of drug-likeness (QED) is 0.566. The topological polar surface area (TPSA) is 66.5 Å². The third-order valence-electron chi connectivity index (χ3n) is 8.45. The van der Waals surface area contributed by atoms with Crippen LogP contribution in [0.1, 0.15) is 23.1 Å². The van der Waals surface area contributed by atoms with Crippen molar-refractivity contribution in [2.75, 3.05) is 5.32 Å². The van der Waals surface area contributed by atoms with E-state index in [-0.39, 0.29) is 41.4 Å². The number of imide groups is 1. The minimum Gasteiger partial charge on any atom is -0.324 e. The molecule has 3 amide bonds. The number of aryl methyl sites for hydroxylation is 1. The number of rotatable bonds is 5. The first-order valence-corrected chi connectivity index (χ1v) is 11.9. The molecule has 2 aromatic carbocycles. The fraction of sp³-hybridized carbons (Fsp3) is 0.393. The average molecular weight is 441 g/mol. The second-order valence-corrected chi connectivity index (χ2v) is 10.1. The second kappa shape index (κ2) is 7.41. The van der Waals surface area contributed by atoms with Gasteiger partial charge in [0.05, 0.1) is 11.8 Å². The van der Waals surface area contributed by atoms with Gasteiger partial charge in [0.2, 0.25) is 17.7 Å². The Kier molecular flexibility index (Phi) is 4.58. The summed E-state index contributed by atoms with van der Waals surface area (Å²) in [6.07, 6.45) is 5.76. The molecule has 0 unspecified atom stereocenters. The Morgan fingerprint density at radius 3 is 2.21 bits per heavy atom. The van der Waals surface area contributed by atoms with Crippen LogP contribution in [0.15, 0.2) is 60.7 Å². The Labute approximate surface area is 193 Å². The van der Waals surface area contributed by atoms with Gasteiger partial charge < -0.3 is 5.32 Å². The molecule has 7 atom stereocenters. The summed E-state index contributed by atoms with van der Waals surface area (Å²) in [5.41, 5.74) is 3.71. The standard InChI is InChI=1S/C28H28N2O3/c1-15-7-6-10-22(16(15)2)29-26(31)23(13-17-8-4-3-5-9-17)30-27(32)24-18-11-12-19(21-14-20(18)21)25(24)28(30)33/h3-12,18-21,23-25H,13-14H2,1-2H3,(H,29,31)/t18-,19-,20-,21+,23-,24-,25+/m0/s1. The first-order valence-electron chi connectivity index (χ1n) is 11.9. The smallest absolute Gasteiger partial charge is 0.248 e. The molecule has 168 valence electrons. The van der Waals surface area contributed by atoms with Crippen molar-refractivity contribution in [2.45, 2.75) is 32.7 Å². The van der Waals surface area contributed by atoms with Crippen molar-refractivity contribution in [2.24, 2.45) is 35.5 Å². The number of hydrogen-bond acceptors (Lipinski definition) is 3. The molecule has 2 aromatic rings. The summed E-state index contributed by atoms with van der Waals surface area (Å²) in [4.78, 5) is 42.4. The molecule has 5 nitrogen and oxygen atoms in total. The Balaban J connectivity index is 1.34. The molecule has 4 aliphatic carbocycles. The van der Waals surface area contributed by atoms with Gasteiger partial charge in [0.25, 0.3) is 0 Å². The van der Waals surface area contributed by atoms with Gasteiger partial charge in [0.15, 0.2) is 0 Å². The van der Waals surface area contributed by atoms with Crippen LogP contribution in [0, 0.1) is 49.4 Å². The fourth-order valence-electron chi connectivity index (χ4n) is 6.53. The first kappa shape index (κ1) is 20.4. The normalized spacial score (nSPS) is 31.9. The van der Waals surface area contributed by atoms with Crippen LogP contribution >= 0.6 is 0 Å². The van der Waals surface area contributed by atoms with Gasteiger partial charge in [0.1, 0.15) is 6.04 Å². The number of benzene rings is 2. The monoisotopic (exact) mass is 440 g/mol. The third kappa shape index (κ3) is 3.09. The zero-order valence-corrected chi connectivity index (χ0v) is 18.9. The van der Waals surface area contributed by atoms with Crippen LogP contribution in [-0.2, 0) is 20.8 Å². The number of likely N-dealkylation sites (tertiary alicyclic amines) is 1. The van der Waals surface area contributed by atoms with Crippen molar-refractivity contribution < 1.29 is 14.4 Å². The van der Waals surface area contributed by atoms with Crippen molar-refractivity contribution in [3.05, 3.63) is 77.4 Å². The maximum absolute atomic E-state index is 13.7. The molecule has 1 saturated heterocycles. The average Bonchev–Trinajstić information content (AvgIpc) is 3.60. The van der Waals surface area contributed by atoms with Gasteiger partial charge in [-0.2, -0.15) is 0 Å². The van der Waals surface area contributed by atoms with Crippen LogP contribution in [0.5, 0.6) is 0 Å². The summed E-state index contributed by atoms with van der Waals surface area (Å²) in [6, 6.07) is 14.5. The minimum atomic E-state index is -0.867. The molecule has 7 rings (SSSR count). The predicted molar refractivity (Wildman–Crippen MR) is 125 cm³/mol. The van der Waals surface area contributed by atoms with E-state index in [4.69, 9.17) is 0 Å². The highest BCUT2D eigenvalue weighted by Crippen LogP contribution is 2.65. The number of anilines is 1. The van der Waals surface area contributed by atoms with Crippen molar-refractivity contribution in [3.63, 3.8) is 0 Å². The summed E-state index contributed by atoms with van der Waals surface area (Å²) in [5, 5.41) is 3.03. The lowest BCUT2D eigenvalue weighted by Crippen LogP contribution is -2.49. The van der Waals surface area contributed by atoms with Crippen LogP contribution in [0.3, 0.4) is 0 Å². The molecular weight excluding hydrogens is 412 g/mol. The number of nitrogens with one attached hydrogen (secondary N) is 1. The number of carbonyl (C=O) groups excluding carboxylic acids is 3. The number of nitrogens with zero attached hydrogens (tertiary/aromatic N) is 1. The van der Waals surface area contributed by atoms with E-state index in [1.54, 1.807) is 0 Å². The van der Waals surface area contributed by atoms with Crippen molar-refractivity contribution in [1.29, 1.82) is 0 Å². The van der Waals surface area contributed by atoms with Gasteiger partial charge >= 0.3 is 0 Å². The van der Waals surface area contributed by atoms with E-state index in [0.29, 0.717) is 18.3 Å². The second-order valence-electron chi connectivity index (χ2n) is 10.1. The Morgan fingerprint density at radius 2 is 1.58 bits per heavy atom. The van der Waals surface area contributed by atoms with E-state index in [2.05, 4.69) is 17.5 Å². The van der Waals surface area contributed by atoms with Crippen LogP contribution in [0.25, 0.3) is 0 Å². The van der Waals surface area contributed by atoms with Crippen molar-refractivity contribution in [3.8, 4) is 0 Å². The minimum absolute atomic E-state index is 0.144. The highest BCUT2D eigenvalue weighted by Gasteiger charge is 2.67. The molecule has 33 heavy (non-hydrogen) atoms. The van der Waals surface area contributed by atoms with E-state index in [1.165, 1.54) is 4.90 Å². The van der Waals surface area contributed by atoms with E-state index in [9.17, 15) is 14.4 Å². The van der Waals surface area contributed by atoms with Crippen LogP contribution < -0.4 is 5.32 Å². The zero-order valence-electron chi connectivity index (χ0n) is 18.9. The molecule has 1 heterocycles. The van der Waals surface area contributed by atoms with Gasteiger partial charge in [-0.3, -0.25) is 19.3 Å². The van der Waals surface area contributed by atoms with Crippen LogP contribution in [0.2, 0.25) is 0 Å². The summed E-state index contributed by atoms with van der Waals surface area (Å²) < 4.78 is 0. The summed E-state index contributed by atoms with van der Waals surface area (Å²) in [5.74, 6) is 0.128. The molecule has 5 heteroatoms. The molecule has 2 saturated carbocycles.